The van der Waals surface area contributed by atoms with Crippen LogP contribution in [0.5, 0.6) is 17.2 Å². The molecule has 0 radical (unpaired) electrons. The van der Waals surface area contributed by atoms with Crippen molar-refractivity contribution in [1.29, 1.82) is 0 Å². The highest BCUT2D eigenvalue weighted by Gasteiger charge is 2.07. The summed E-state index contributed by atoms with van der Waals surface area (Å²) in [7, 11) is 3.29. The van der Waals surface area contributed by atoms with Gasteiger partial charge in [0.15, 0.2) is 17.5 Å². The fourth-order valence-corrected chi connectivity index (χ4v) is 3.02. The van der Waals surface area contributed by atoms with E-state index in [4.69, 9.17) is 19.3 Å². The Labute approximate surface area is 179 Å². The molecule has 3 N–H and O–H groups in total. The molecule has 2 aromatic rings. The molecule has 7 heteroatoms. The Morgan fingerprint density at radius 2 is 1.77 bits per heavy atom. The minimum atomic E-state index is -0.0403. The fraction of sp³-hybridized carbons (Fsp3) is 0.435. The first-order chi connectivity index (χ1) is 14.6. The van der Waals surface area contributed by atoms with Gasteiger partial charge in [0.25, 0.3) is 0 Å². The van der Waals surface area contributed by atoms with Crippen LogP contribution in [-0.2, 0) is 13.0 Å². The van der Waals surface area contributed by atoms with E-state index in [2.05, 4.69) is 34.7 Å². The van der Waals surface area contributed by atoms with Crippen LogP contribution in [-0.4, -0.2) is 51.6 Å². The van der Waals surface area contributed by atoms with Crippen molar-refractivity contribution < 1.29 is 19.3 Å². The summed E-state index contributed by atoms with van der Waals surface area (Å²) in [5, 5.41) is 15.6. The Kier molecular flexibility index (Phi) is 9.80. The van der Waals surface area contributed by atoms with Gasteiger partial charge in [-0.2, -0.15) is 0 Å². The number of aryl methyl sites for hydroxylation is 1. The zero-order valence-electron chi connectivity index (χ0n) is 18.3. The molecule has 0 aliphatic carbocycles. The van der Waals surface area contributed by atoms with E-state index in [1.54, 1.807) is 14.2 Å². The summed E-state index contributed by atoms with van der Waals surface area (Å²) in [5.41, 5.74) is 3.39. The van der Waals surface area contributed by atoms with Crippen LogP contribution in [0.4, 0.5) is 0 Å². The predicted octanol–water partition coefficient (Wildman–Crippen LogP) is 2.68. The summed E-state index contributed by atoms with van der Waals surface area (Å²) < 4.78 is 16.3. The van der Waals surface area contributed by atoms with Gasteiger partial charge in [-0.3, -0.25) is 0 Å². The predicted molar refractivity (Wildman–Crippen MR) is 120 cm³/mol. The van der Waals surface area contributed by atoms with Crippen molar-refractivity contribution in [2.45, 2.75) is 26.8 Å². The third kappa shape index (κ3) is 7.15. The molecule has 7 nitrogen and oxygen atoms in total. The second kappa shape index (κ2) is 12.6. The molecule has 0 bridgehead atoms. The summed E-state index contributed by atoms with van der Waals surface area (Å²) in [6.07, 6.45) is 0.833. The van der Waals surface area contributed by atoms with E-state index in [1.165, 1.54) is 11.1 Å². The number of benzene rings is 2. The number of aliphatic hydroxyl groups excluding tert-OH is 1. The number of rotatable bonds is 11. The van der Waals surface area contributed by atoms with Crippen molar-refractivity contribution in [1.82, 2.24) is 10.6 Å². The highest BCUT2D eigenvalue weighted by atomic mass is 16.5. The van der Waals surface area contributed by atoms with Crippen molar-refractivity contribution in [3.05, 3.63) is 53.1 Å². The van der Waals surface area contributed by atoms with Crippen LogP contribution >= 0.6 is 0 Å². The van der Waals surface area contributed by atoms with Crippen molar-refractivity contribution in [3.8, 4) is 17.2 Å². The van der Waals surface area contributed by atoms with Gasteiger partial charge >= 0.3 is 0 Å². The Balaban J connectivity index is 1.99. The van der Waals surface area contributed by atoms with Crippen LogP contribution in [0.3, 0.4) is 0 Å². The maximum Gasteiger partial charge on any atom is 0.191 e. The molecule has 2 aromatic carbocycles. The molecule has 0 aliphatic rings. The lowest BCUT2D eigenvalue weighted by Gasteiger charge is -2.14. The van der Waals surface area contributed by atoms with Crippen LogP contribution in [0, 0.1) is 6.92 Å². The maximum absolute atomic E-state index is 8.92. The summed E-state index contributed by atoms with van der Waals surface area (Å²) in [6.45, 7) is 6.32. The number of nitrogens with one attached hydrogen (secondary N) is 2. The summed E-state index contributed by atoms with van der Waals surface area (Å²) in [4.78, 5) is 4.67. The van der Waals surface area contributed by atoms with Crippen LogP contribution in [0.25, 0.3) is 0 Å². The normalized spacial score (nSPS) is 11.2. The topological polar surface area (TPSA) is 84.3 Å². The van der Waals surface area contributed by atoms with Crippen molar-refractivity contribution >= 4 is 5.96 Å². The number of guanidine groups is 1. The lowest BCUT2D eigenvalue weighted by molar-refractivity contribution is 0.196. The second-order valence-electron chi connectivity index (χ2n) is 6.74. The number of nitrogens with zero attached hydrogens (tertiary/aromatic N) is 1. The molecule has 30 heavy (non-hydrogen) atoms. The summed E-state index contributed by atoms with van der Waals surface area (Å²) >= 11 is 0. The minimum absolute atomic E-state index is 0.0403. The van der Waals surface area contributed by atoms with E-state index in [0.29, 0.717) is 18.0 Å². The number of hydrogen-bond donors (Lipinski definition) is 3. The Morgan fingerprint density at radius 1 is 1.00 bits per heavy atom. The second-order valence-corrected chi connectivity index (χ2v) is 6.74. The average molecular weight is 416 g/mol. The van der Waals surface area contributed by atoms with Gasteiger partial charge in [0.1, 0.15) is 12.4 Å². The molecule has 0 spiro atoms. The molecule has 0 heterocycles. The lowest BCUT2D eigenvalue weighted by atomic mass is 10.1. The van der Waals surface area contributed by atoms with Crippen LogP contribution in [0.1, 0.15) is 23.6 Å². The van der Waals surface area contributed by atoms with Gasteiger partial charge in [-0.15, -0.1) is 0 Å². The van der Waals surface area contributed by atoms with E-state index in [9.17, 15) is 0 Å². The first-order valence-corrected chi connectivity index (χ1v) is 10.2. The quantitative estimate of drug-likeness (QED) is 0.387. The smallest absolute Gasteiger partial charge is 0.191 e. The molecule has 0 amide bonds. The van der Waals surface area contributed by atoms with E-state index in [-0.39, 0.29) is 13.2 Å². The number of aliphatic imine (C=N–C) groups is 1. The minimum Gasteiger partial charge on any atom is -0.496 e. The zero-order chi connectivity index (χ0) is 21.8. The molecule has 0 fully saturated rings. The fourth-order valence-electron chi connectivity index (χ4n) is 3.02. The SMILES string of the molecule is CCNC(=NCc1ccc(OCCO)c(OC)c1)NCCc1cc(C)ccc1OC. The van der Waals surface area contributed by atoms with Gasteiger partial charge in [0.05, 0.1) is 27.4 Å². The zero-order valence-corrected chi connectivity index (χ0v) is 18.3. The molecular weight excluding hydrogens is 382 g/mol. The first-order valence-electron chi connectivity index (χ1n) is 10.2. The first kappa shape index (κ1) is 23.3. The summed E-state index contributed by atoms with van der Waals surface area (Å²) in [6, 6.07) is 11.9. The van der Waals surface area contributed by atoms with Crippen LogP contribution < -0.4 is 24.8 Å². The van der Waals surface area contributed by atoms with Crippen molar-refractivity contribution in [3.63, 3.8) is 0 Å². The van der Waals surface area contributed by atoms with Gasteiger partial charge in [-0.1, -0.05) is 23.8 Å². The van der Waals surface area contributed by atoms with Crippen LogP contribution in [0.15, 0.2) is 41.4 Å². The van der Waals surface area contributed by atoms with E-state index in [1.807, 2.05) is 31.2 Å². The van der Waals surface area contributed by atoms with Gasteiger partial charge in [0.2, 0.25) is 0 Å². The van der Waals surface area contributed by atoms with Crippen molar-refractivity contribution in [2.75, 3.05) is 40.5 Å². The number of hydrogen-bond acceptors (Lipinski definition) is 5. The highest BCUT2D eigenvalue weighted by molar-refractivity contribution is 5.79. The van der Waals surface area contributed by atoms with Gasteiger partial charge in [-0.05, 0) is 49.6 Å². The molecule has 2 rings (SSSR count). The van der Waals surface area contributed by atoms with Gasteiger partial charge in [0, 0.05) is 13.1 Å². The van der Waals surface area contributed by atoms with Crippen LogP contribution in [0.2, 0.25) is 0 Å². The van der Waals surface area contributed by atoms with Gasteiger partial charge < -0.3 is 30.0 Å². The molecular formula is C23H33N3O4. The molecule has 0 saturated heterocycles. The highest BCUT2D eigenvalue weighted by Crippen LogP contribution is 2.28. The largest absolute Gasteiger partial charge is 0.496 e. The Bertz CT molecular complexity index is 824. The average Bonchev–Trinajstić information content (AvgIpc) is 2.76. The molecule has 0 unspecified atom stereocenters. The molecule has 0 aromatic heterocycles. The standard InChI is InChI=1S/C23H33N3O4/c1-5-24-23(25-11-10-19-14-17(2)6-8-20(19)28-3)26-16-18-7-9-21(30-13-12-27)22(15-18)29-4/h6-9,14-15,27H,5,10-13,16H2,1-4H3,(H2,24,25,26). The number of aliphatic hydroxyl groups is 1. The lowest BCUT2D eigenvalue weighted by Crippen LogP contribution is -2.38. The third-order valence-corrected chi connectivity index (χ3v) is 4.46. The van der Waals surface area contributed by atoms with Gasteiger partial charge in [-0.25, -0.2) is 4.99 Å². The maximum atomic E-state index is 8.92. The van der Waals surface area contributed by atoms with Crippen molar-refractivity contribution in [2.24, 2.45) is 4.99 Å². The third-order valence-electron chi connectivity index (χ3n) is 4.46. The van der Waals surface area contributed by atoms with E-state index in [0.717, 1.165) is 36.8 Å². The number of methoxy groups -OCH3 is 2. The number of ether oxygens (including phenoxy) is 3. The molecule has 164 valence electrons. The van der Waals surface area contributed by atoms with E-state index >= 15 is 0 Å². The molecule has 0 aliphatic heterocycles. The molecule has 0 saturated carbocycles. The Morgan fingerprint density at radius 3 is 2.47 bits per heavy atom. The summed E-state index contributed by atoms with van der Waals surface area (Å²) in [5.74, 6) is 2.89. The molecule has 0 atom stereocenters. The van der Waals surface area contributed by atoms with E-state index < -0.39 is 0 Å². The monoisotopic (exact) mass is 415 g/mol. The Hall–Kier alpha value is -2.93.